The molecule has 1 fully saturated rings. The van der Waals surface area contributed by atoms with Gasteiger partial charge in [0.2, 0.25) is 10.0 Å². The molecule has 1 aromatic carbocycles. The van der Waals surface area contributed by atoms with Crippen molar-refractivity contribution in [3.63, 3.8) is 0 Å². The number of halogens is 2. The number of benzene rings is 1. The van der Waals surface area contributed by atoms with E-state index in [0.29, 0.717) is 22.5 Å². The van der Waals surface area contributed by atoms with Crippen LogP contribution in [-0.4, -0.2) is 25.8 Å². The maximum Gasteiger partial charge on any atom is 0.244 e. The molecule has 0 atom stereocenters. The normalized spacial score (nSPS) is 19.1. The number of aryl methyl sites for hydroxylation is 1. The lowest BCUT2D eigenvalue weighted by atomic mass is 9.82. The maximum absolute atomic E-state index is 12.9. The Morgan fingerprint density at radius 1 is 1.19 bits per heavy atom. The highest BCUT2D eigenvalue weighted by molar-refractivity contribution is 9.11. The molecule has 1 aromatic rings. The van der Waals surface area contributed by atoms with Crippen molar-refractivity contribution >= 4 is 41.9 Å². The van der Waals surface area contributed by atoms with Gasteiger partial charge in [-0.25, -0.2) is 8.42 Å². The van der Waals surface area contributed by atoms with Crippen LogP contribution in [0.3, 0.4) is 0 Å². The lowest BCUT2D eigenvalue weighted by Gasteiger charge is -2.26. The molecular formula is C15H21Br2NO2S. The largest absolute Gasteiger partial charge is 0.244 e. The Bertz CT molecular complexity index is 639. The summed E-state index contributed by atoms with van der Waals surface area (Å²) in [6.07, 6.45) is 2.99. The van der Waals surface area contributed by atoms with Gasteiger partial charge >= 0.3 is 0 Å². The zero-order chi connectivity index (χ0) is 15.8. The molecule has 3 nitrogen and oxygen atoms in total. The first-order valence-electron chi connectivity index (χ1n) is 7.21. The van der Waals surface area contributed by atoms with E-state index < -0.39 is 10.0 Å². The fraction of sp³-hybridized carbons (Fsp3) is 0.600. The zero-order valence-corrected chi connectivity index (χ0v) is 16.6. The van der Waals surface area contributed by atoms with Crippen molar-refractivity contribution < 1.29 is 8.42 Å². The summed E-state index contributed by atoms with van der Waals surface area (Å²) in [5.74, 6) is 0. The van der Waals surface area contributed by atoms with E-state index >= 15 is 0 Å². The smallest absolute Gasteiger partial charge is 0.207 e. The first kappa shape index (κ1) is 17.4. The van der Waals surface area contributed by atoms with Gasteiger partial charge in [0.15, 0.2) is 0 Å². The van der Waals surface area contributed by atoms with E-state index in [0.717, 1.165) is 29.3 Å². The predicted octanol–water partition coefficient (Wildman–Crippen LogP) is 4.72. The van der Waals surface area contributed by atoms with E-state index in [1.165, 1.54) is 0 Å². The number of sulfonamides is 1. The molecule has 1 heterocycles. The summed E-state index contributed by atoms with van der Waals surface area (Å²) in [4.78, 5) is 0.350. The van der Waals surface area contributed by atoms with Crippen LogP contribution in [0.15, 0.2) is 26.0 Å². The number of hydrogen-bond acceptors (Lipinski definition) is 2. The molecule has 6 heteroatoms. The van der Waals surface area contributed by atoms with Gasteiger partial charge in [-0.05, 0) is 65.2 Å². The Kier molecular flexibility index (Phi) is 5.23. The minimum atomic E-state index is -3.44. The van der Waals surface area contributed by atoms with Crippen molar-refractivity contribution in [2.45, 2.75) is 44.9 Å². The van der Waals surface area contributed by atoms with Crippen molar-refractivity contribution in [3.05, 3.63) is 26.6 Å². The molecule has 0 amide bonds. The minimum Gasteiger partial charge on any atom is -0.207 e. The van der Waals surface area contributed by atoms with Crippen molar-refractivity contribution in [1.82, 2.24) is 4.31 Å². The van der Waals surface area contributed by atoms with Gasteiger partial charge in [-0.15, -0.1) is 0 Å². The molecule has 0 saturated carbocycles. The lowest BCUT2D eigenvalue weighted by Crippen LogP contribution is -2.32. The van der Waals surface area contributed by atoms with Gasteiger partial charge in [-0.2, -0.15) is 4.31 Å². The second kappa shape index (κ2) is 6.30. The molecule has 0 aliphatic carbocycles. The van der Waals surface area contributed by atoms with E-state index in [2.05, 4.69) is 45.7 Å². The summed E-state index contributed by atoms with van der Waals surface area (Å²) in [5, 5.41) is 0. The van der Waals surface area contributed by atoms with Gasteiger partial charge in [0.05, 0.1) is 4.90 Å². The van der Waals surface area contributed by atoms with Crippen LogP contribution in [0.25, 0.3) is 0 Å². The van der Waals surface area contributed by atoms with Gasteiger partial charge in [0, 0.05) is 22.0 Å². The number of rotatable bonds is 4. The third kappa shape index (κ3) is 3.23. The topological polar surface area (TPSA) is 37.4 Å². The molecule has 1 aliphatic rings. The molecule has 0 radical (unpaired) electrons. The van der Waals surface area contributed by atoms with Gasteiger partial charge < -0.3 is 0 Å². The average Bonchev–Trinajstić information content (AvgIpc) is 2.88. The average molecular weight is 439 g/mol. The van der Waals surface area contributed by atoms with Crippen LogP contribution in [0.1, 0.15) is 38.7 Å². The van der Waals surface area contributed by atoms with Crippen LogP contribution < -0.4 is 0 Å². The third-order valence-electron chi connectivity index (χ3n) is 4.73. The predicted molar refractivity (Wildman–Crippen MR) is 93.0 cm³/mol. The Morgan fingerprint density at radius 2 is 1.81 bits per heavy atom. The van der Waals surface area contributed by atoms with E-state index in [-0.39, 0.29) is 5.41 Å². The molecule has 2 rings (SSSR count). The second-order valence-electron chi connectivity index (χ2n) is 5.83. The Labute approximate surface area is 144 Å². The molecule has 21 heavy (non-hydrogen) atoms. The molecule has 118 valence electrons. The van der Waals surface area contributed by atoms with E-state index in [4.69, 9.17) is 0 Å². The highest BCUT2D eigenvalue weighted by atomic mass is 79.9. The van der Waals surface area contributed by atoms with Crippen molar-refractivity contribution in [2.24, 2.45) is 5.41 Å². The first-order chi connectivity index (χ1) is 9.75. The molecule has 0 aromatic heterocycles. The van der Waals surface area contributed by atoms with Crippen LogP contribution in [0.4, 0.5) is 0 Å². The summed E-state index contributed by atoms with van der Waals surface area (Å²) in [6.45, 7) is 7.48. The molecule has 1 saturated heterocycles. The summed E-state index contributed by atoms with van der Waals surface area (Å²) in [6, 6.07) is 3.55. The summed E-state index contributed by atoms with van der Waals surface area (Å²) < 4.78 is 28.9. The SMILES string of the molecule is CCC1(CC)CCN(S(=O)(=O)c2cc(Br)c(C)cc2Br)C1. The lowest BCUT2D eigenvalue weighted by molar-refractivity contribution is 0.279. The Balaban J connectivity index is 2.38. The minimum absolute atomic E-state index is 0.140. The van der Waals surface area contributed by atoms with Gasteiger partial charge in [-0.1, -0.05) is 29.8 Å². The second-order valence-corrected chi connectivity index (χ2v) is 9.44. The van der Waals surface area contributed by atoms with Crippen LogP contribution in [0.2, 0.25) is 0 Å². The van der Waals surface area contributed by atoms with Crippen LogP contribution in [0.5, 0.6) is 0 Å². The number of hydrogen-bond donors (Lipinski definition) is 0. The molecule has 0 spiro atoms. The van der Waals surface area contributed by atoms with Crippen LogP contribution >= 0.6 is 31.9 Å². The standard InChI is InChI=1S/C15H21Br2NO2S/c1-4-15(5-2)6-7-18(10-15)21(19,20)14-9-12(16)11(3)8-13(14)17/h8-9H,4-7,10H2,1-3H3. The fourth-order valence-corrected chi connectivity index (χ4v) is 6.08. The van der Waals surface area contributed by atoms with Gasteiger partial charge in [0.25, 0.3) is 0 Å². The first-order valence-corrected chi connectivity index (χ1v) is 10.2. The van der Waals surface area contributed by atoms with Crippen LogP contribution in [-0.2, 0) is 10.0 Å². The molecule has 0 bridgehead atoms. The van der Waals surface area contributed by atoms with Gasteiger partial charge in [0.1, 0.15) is 0 Å². The van der Waals surface area contributed by atoms with Crippen molar-refractivity contribution in [1.29, 1.82) is 0 Å². The Hall–Kier alpha value is 0.0900. The third-order valence-corrected chi connectivity index (χ3v) is 8.39. The molecule has 1 aliphatic heterocycles. The number of nitrogens with zero attached hydrogens (tertiary/aromatic N) is 1. The summed E-state index contributed by atoms with van der Waals surface area (Å²) >= 11 is 6.83. The quantitative estimate of drug-likeness (QED) is 0.681. The zero-order valence-electron chi connectivity index (χ0n) is 12.6. The molecule has 0 N–H and O–H groups in total. The monoisotopic (exact) mass is 437 g/mol. The molecular weight excluding hydrogens is 418 g/mol. The van der Waals surface area contributed by atoms with Crippen molar-refractivity contribution in [3.8, 4) is 0 Å². The Morgan fingerprint density at radius 3 is 2.33 bits per heavy atom. The fourth-order valence-electron chi connectivity index (χ4n) is 2.89. The van der Waals surface area contributed by atoms with Crippen molar-refractivity contribution in [2.75, 3.05) is 13.1 Å². The van der Waals surface area contributed by atoms with E-state index in [1.807, 2.05) is 13.0 Å². The summed E-state index contributed by atoms with van der Waals surface area (Å²) in [7, 11) is -3.44. The van der Waals surface area contributed by atoms with Gasteiger partial charge in [-0.3, -0.25) is 0 Å². The van der Waals surface area contributed by atoms with Crippen LogP contribution in [0, 0.1) is 12.3 Å². The van der Waals surface area contributed by atoms with E-state index in [9.17, 15) is 8.42 Å². The summed E-state index contributed by atoms with van der Waals surface area (Å²) in [5.41, 5.74) is 1.15. The highest BCUT2D eigenvalue weighted by Crippen LogP contribution is 2.40. The van der Waals surface area contributed by atoms with E-state index in [1.54, 1.807) is 10.4 Å². The molecule has 0 unspecified atom stereocenters. The maximum atomic E-state index is 12.9. The highest BCUT2D eigenvalue weighted by Gasteiger charge is 2.41.